The van der Waals surface area contributed by atoms with E-state index in [1.807, 2.05) is 0 Å². The van der Waals surface area contributed by atoms with Crippen LogP contribution in [0, 0.1) is 35.6 Å². The molecule has 0 fully saturated rings. The van der Waals surface area contributed by atoms with Crippen molar-refractivity contribution in [1.29, 1.82) is 0 Å². The van der Waals surface area contributed by atoms with Crippen molar-refractivity contribution in [2.24, 2.45) is 0 Å². The predicted octanol–water partition coefficient (Wildman–Crippen LogP) is 0.708. The van der Waals surface area contributed by atoms with Gasteiger partial charge in [-0.2, -0.15) is 0 Å². The molecule has 0 spiro atoms. The van der Waals surface area contributed by atoms with E-state index in [1.54, 1.807) is 0 Å². The van der Waals surface area contributed by atoms with Gasteiger partial charge in [0.05, 0.1) is 27.0 Å². The zero-order valence-electron chi connectivity index (χ0n) is 11.1. The third-order valence-electron chi connectivity index (χ3n) is 2.70. The molecule has 0 radical (unpaired) electrons. The van der Waals surface area contributed by atoms with E-state index in [4.69, 9.17) is 4.74 Å². The van der Waals surface area contributed by atoms with Gasteiger partial charge in [0.25, 0.3) is 5.69 Å². The van der Waals surface area contributed by atoms with Crippen LogP contribution < -0.4 is 9.64 Å². The Morgan fingerprint density at radius 2 is 1.61 bits per heavy atom. The van der Waals surface area contributed by atoms with Gasteiger partial charge in [0.15, 0.2) is 0 Å². The number of ether oxygens (including phenoxy) is 1. The zero-order chi connectivity index (χ0) is 17.3. The lowest BCUT2D eigenvalue weighted by molar-refractivity contribution is -0.793. The van der Waals surface area contributed by atoms with Crippen molar-refractivity contribution in [1.82, 2.24) is 5.16 Å². The Labute approximate surface area is 124 Å². The number of nitro groups is 3. The summed E-state index contributed by atoms with van der Waals surface area (Å²) in [5.41, 5.74) is -4.54. The van der Waals surface area contributed by atoms with Gasteiger partial charge in [0.2, 0.25) is 0 Å². The molecule has 120 valence electrons. The Hall–Kier alpha value is -3.84. The highest BCUT2D eigenvalue weighted by Crippen LogP contribution is 2.41. The molecule has 0 amide bonds. The van der Waals surface area contributed by atoms with Gasteiger partial charge in [-0.25, -0.2) is 0 Å². The van der Waals surface area contributed by atoms with E-state index < -0.39 is 49.0 Å². The molecule has 0 N–H and O–H groups in total. The van der Waals surface area contributed by atoms with Gasteiger partial charge in [-0.05, 0) is 4.90 Å². The van der Waals surface area contributed by atoms with Crippen LogP contribution in [0.15, 0.2) is 16.8 Å². The topological polar surface area (TPSA) is 192 Å². The lowest BCUT2D eigenvalue weighted by Gasteiger charge is -2.01. The van der Waals surface area contributed by atoms with E-state index in [2.05, 4.69) is 9.79 Å². The summed E-state index contributed by atoms with van der Waals surface area (Å²) in [5.74, 6) is -0.405. The summed E-state index contributed by atoms with van der Waals surface area (Å²) < 4.78 is 8.93. The highest BCUT2D eigenvalue weighted by atomic mass is 16.8. The van der Waals surface area contributed by atoms with Crippen LogP contribution in [0.2, 0.25) is 0 Å². The molecule has 23 heavy (non-hydrogen) atoms. The number of rotatable bonds is 5. The molecule has 0 aliphatic heterocycles. The van der Waals surface area contributed by atoms with Crippen LogP contribution >= 0.6 is 0 Å². The van der Waals surface area contributed by atoms with Crippen molar-refractivity contribution in [2.75, 3.05) is 7.11 Å². The summed E-state index contributed by atoms with van der Waals surface area (Å²) in [6.07, 6.45) is 0. The van der Waals surface area contributed by atoms with Crippen molar-refractivity contribution in [3.05, 3.63) is 47.7 Å². The molecule has 1 aromatic heterocycles. The van der Waals surface area contributed by atoms with Crippen LogP contribution in [0.25, 0.3) is 11.3 Å². The molecule has 0 saturated heterocycles. The van der Waals surface area contributed by atoms with Crippen molar-refractivity contribution in [3.63, 3.8) is 0 Å². The van der Waals surface area contributed by atoms with Crippen LogP contribution in [0.1, 0.15) is 0 Å². The number of aromatic nitrogens is 2. The molecule has 14 nitrogen and oxygen atoms in total. The third-order valence-corrected chi connectivity index (χ3v) is 2.70. The maximum absolute atomic E-state index is 11.5. The standard InChI is InChI=1S/C9H5N5O9/c1-22-9-7(14(21)23-10-9)4-2-5(11(15)16)8(13(19)20)6(3-4)12(17)18/h2-3H,1H3. The Bertz CT molecular complexity index is 794. The second-order valence-electron chi connectivity index (χ2n) is 3.92. The second kappa shape index (κ2) is 5.51. The molecule has 0 aliphatic carbocycles. The van der Waals surface area contributed by atoms with Crippen molar-refractivity contribution in [3.8, 4) is 17.1 Å². The first-order valence-corrected chi connectivity index (χ1v) is 5.53. The molecule has 2 rings (SSSR count). The van der Waals surface area contributed by atoms with E-state index in [-0.39, 0.29) is 4.90 Å². The molecule has 0 saturated carbocycles. The second-order valence-corrected chi connectivity index (χ2v) is 3.92. The first-order valence-electron chi connectivity index (χ1n) is 5.53. The maximum Gasteiger partial charge on any atom is 0.422 e. The predicted molar refractivity (Wildman–Crippen MR) is 67.4 cm³/mol. The van der Waals surface area contributed by atoms with Gasteiger partial charge in [0.1, 0.15) is 0 Å². The fourth-order valence-electron chi connectivity index (χ4n) is 1.81. The molecule has 0 unspecified atom stereocenters. The van der Waals surface area contributed by atoms with Gasteiger partial charge < -0.3 is 9.94 Å². The maximum atomic E-state index is 11.5. The number of hydrogen-bond acceptors (Lipinski definition) is 10. The van der Waals surface area contributed by atoms with Gasteiger partial charge in [-0.15, -0.1) is 0 Å². The van der Waals surface area contributed by atoms with Gasteiger partial charge in [0, 0.05) is 17.7 Å². The van der Waals surface area contributed by atoms with Crippen LogP contribution in [0.5, 0.6) is 5.88 Å². The molecule has 0 bridgehead atoms. The average molecular weight is 327 g/mol. The average Bonchev–Trinajstić information content (AvgIpc) is 2.86. The SMILES string of the molecule is COc1no[n+]([O-])c1-c1cc([N+](=O)[O-])c([N+](=O)[O-])c([N+](=O)[O-])c1. The number of methoxy groups -OCH3 is 1. The molecule has 0 atom stereocenters. The molecular formula is C9H5N5O9. The van der Waals surface area contributed by atoms with Crippen LogP contribution in [0.4, 0.5) is 17.1 Å². The van der Waals surface area contributed by atoms with E-state index in [0.717, 1.165) is 7.11 Å². The number of hydrogen-bond donors (Lipinski definition) is 0. The summed E-state index contributed by atoms with van der Waals surface area (Å²) in [7, 11) is 1.11. The molecule has 1 aromatic carbocycles. The summed E-state index contributed by atoms with van der Waals surface area (Å²) in [4.78, 5) is 29.1. The number of nitrogens with zero attached hydrogens (tertiary/aromatic N) is 5. The Morgan fingerprint density at radius 3 is 2.00 bits per heavy atom. The highest BCUT2D eigenvalue weighted by molar-refractivity contribution is 5.76. The monoisotopic (exact) mass is 327 g/mol. The Kier molecular flexibility index (Phi) is 3.72. The van der Waals surface area contributed by atoms with Gasteiger partial charge >= 0.3 is 22.9 Å². The van der Waals surface area contributed by atoms with Crippen LogP contribution in [-0.2, 0) is 0 Å². The molecule has 1 heterocycles. The summed E-state index contributed by atoms with van der Waals surface area (Å²) in [6.45, 7) is 0. The van der Waals surface area contributed by atoms with Gasteiger partial charge in [-0.3, -0.25) is 35.0 Å². The van der Waals surface area contributed by atoms with Crippen molar-refractivity contribution in [2.45, 2.75) is 0 Å². The van der Waals surface area contributed by atoms with E-state index >= 15 is 0 Å². The minimum atomic E-state index is -1.31. The fraction of sp³-hybridized carbons (Fsp3) is 0.111. The molecule has 14 heteroatoms. The fourth-order valence-corrected chi connectivity index (χ4v) is 1.81. The number of benzene rings is 1. The summed E-state index contributed by atoms with van der Waals surface area (Å²) in [5, 5.41) is 47.6. The third kappa shape index (κ3) is 2.55. The van der Waals surface area contributed by atoms with E-state index in [9.17, 15) is 35.6 Å². The first-order chi connectivity index (χ1) is 10.8. The smallest absolute Gasteiger partial charge is 0.422 e. The van der Waals surface area contributed by atoms with Gasteiger partial charge in [-0.1, -0.05) is 0 Å². The minimum Gasteiger partial charge on any atom is -0.458 e. The van der Waals surface area contributed by atoms with Crippen molar-refractivity contribution < 1.29 is 29.0 Å². The van der Waals surface area contributed by atoms with Crippen molar-refractivity contribution >= 4 is 17.1 Å². The zero-order valence-corrected chi connectivity index (χ0v) is 11.1. The highest BCUT2D eigenvalue weighted by Gasteiger charge is 2.39. The summed E-state index contributed by atoms with van der Waals surface area (Å²) in [6, 6.07) is 1.24. The lowest BCUT2D eigenvalue weighted by Crippen LogP contribution is -2.25. The number of nitro benzene ring substituents is 3. The normalized spacial score (nSPS) is 10.3. The van der Waals surface area contributed by atoms with E-state index in [0.29, 0.717) is 12.1 Å². The lowest BCUT2D eigenvalue weighted by atomic mass is 10.1. The molecule has 2 aromatic rings. The van der Waals surface area contributed by atoms with Crippen LogP contribution in [0.3, 0.4) is 0 Å². The van der Waals surface area contributed by atoms with E-state index in [1.165, 1.54) is 0 Å². The first kappa shape index (κ1) is 15.5. The Morgan fingerprint density at radius 1 is 1.09 bits per heavy atom. The van der Waals surface area contributed by atoms with Crippen LogP contribution in [-0.4, -0.2) is 27.0 Å². The largest absolute Gasteiger partial charge is 0.458 e. The minimum absolute atomic E-state index is 0.201. The molecule has 0 aliphatic rings. The Balaban J connectivity index is 2.87. The molecular weight excluding hydrogens is 322 g/mol. The summed E-state index contributed by atoms with van der Waals surface area (Å²) >= 11 is 0. The quantitative estimate of drug-likeness (QED) is 0.428.